The largest absolute Gasteiger partial charge is 0.480 e. The Labute approximate surface area is 154 Å². The number of hydrogen-bond acceptors (Lipinski definition) is 4. The van der Waals surface area contributed by atoms with Crippen LogP contribution >= 0.6 is 11.3 Å². The summed E-state index contributed by atoms with van der Waals surface area (Å²) in [5.41, 5.74) is 2.61. The van der Waals surface area contributed by atoms with E-state index in [1.807, 2.05) is 31.2 Å². The average molecular weight is 368 g/mol. The molecule has 1 aliphatic carbocycles. The Balaban J connectivity index is 2.04. The topological polar surface area (TPSA) is 72.2 Å². The predicted molar refractivity (Wildman–Crippen MR) is 103 cm³/mol. The highest BCUT2D eigenvalue weighted by Crippen LogP contribution is 2.36. The first-order valence-corrected chi connectivity index (χ1v) is 9.60. The molecule has 2 aromatic heterocycles. The van der Waals surface area contributed by atoms with Gasteiger partial charge in [-0.25, -0.2) is 4.98 Å². The maximum Gasteiger partial charge on any atom is 0.323 e. The average Bonchev–Trinajstić information content (AvgIpc) is 2.95. The van der Waals surface area contributed by atoms with E-state index in [1.165, 1.54) is 9.44 Å². The van der Waals surface area contributed by atoms with Gasteiger partial charge in [0.1, 0.15) is 17.2 Å². The van der Waals surface area contributed by atoms with Crippen molar-refractivity contribution in [3.05, 3.63) is 50.6 Å². The lowest BCUT2D eigenvalue weighted by molar-refractivity contribution is -0.137. The molecule has 0 spiro atoms. The Morgan fingerprint density at radius 3 is 2.88 bits per heavy atom. The third-order valence-corrected chi connectivity index (χ3v) is 6.24. The molecule has 1 aliphatic rings. The number of carboxylic acid groups (broad SMARTS) is 1. The molecule has 1 unspecified atom stereocenters. The summed E-state index contributed by atoms with van der Waals surface area (Å²) in [7, 11) is 0. The fraction of sp³-hybridized carbons (Fsp3) is 0.350. The van der Waals surface area contributed by atoms with Gasteiger partial charge in [-0.05, 0) is 43.2 Å². The van der Waals surface area contributed by atoms with Crippen LogP contribution in [0, 0.1) is 12.8 Å². The lowest BCUT2D eigenvalue weighted by Gasteiger charge is -2.17. The molecular formula is C20H20N2O3S. The Kier molecular flexibility index (Phi) is 4.15. The summed E-state index contributed by atoms with van der Waals surface area (Å²) < 4.78 is 1.32. The van der Waals surface area contributed by atoms with E-state index in [4.69, 9.17) is 4.98 Å². The maximum atomic E-state index is 13.3. The van der Waals surface area contributed by atoms with E-state index in [9.17, 15) is 14.7 Å². The van der Waals surface area contributed by atoms with Crippen LogP contribution < -0.4 is 5.56 Å². The molecule has 0 amide bonds. The van der Waals surface area contributed by atoms with Crippen molar-refractivity contribution in [1.29, 1.82) is 0 Å². The van der Waals surface area contributed by atoms with Gasteiger partial charge in [-0.1, -0.05) is 31.2 Å². The van der Waals surface area contributed by atoms with Crippen molar-refractivity contribution in [3.63, 3.8) is 0 Å². The summed E-state index contributed by atoms with van der Waals surface area (Å²) in [5.74, 6) is 0.00287. The number of aryl methyl sites for hydroxylation is 2. The van der Waals surface area contributed by atoms with Crippen molar-refractivity contribution in [3.8, 4) is 11.4 Å². The van der Waals surface area contributed by atoms with Crippen LogP contribution in [0.2, 0.25) is 0 Å². The van der Waals surface area contributed by atoms with Crippen LogP contribution in [-0.2, 0) is 24.2 Å². The number of aromatic nitrogens is 2. The molecular weight excluding hydrogens is 348 g/mol. The zero-order chi connectivity index (χ0) is 18.4. The minimum absolute atomic E-state index is 0.234. The molecule has 0 saturated heterocycles. The van der Waals surface area contributed by atoms with Crippen LogP contribution in [-0.4, -0.2) is 20.6 Å². The second kappa shape index (κ2) is 6.36. The fourth-order valence-electron chi connectivity index (χ4n) is 3.73. The first-order chi connectivity index (χ1) is 12.5. The van der Waals surface area contributed by atoms with Gasteiger partial charge in [-0.3, -0.25) is 14.2 Å². The van der Waals surface area contributed by atoms with Gasteiger partial charge in [-0.2, -0.15) is 0 Å². The normalized spacial score (nSPS) is 16.6. The van der Waals surface area contributed by atoms with Crippen LogP contribution in [0.15, 0.2) is 29.1 Å². The Bertz CT molecular complexity index is 1080. The van der Waals surface area contributed by atoms with E-state index in [1.54, 1.807) is 11.3 Å². The number of fused-ring (bicyclic) bond motifs is 3. The van der Waals surface area contributed by atoms with Crippen LogP contribution in [0.1, 0.15) is 29.3 Å². The molecule has 0 aliphatic heterocycles. The molecule has 0 saturated carbocycles. The monoisotopic (exact) mass is 368 g/mol. The molecule has 4 rings (SSSR count). The Morgan fingerprint density at radius 1 is 1.38 bits per heavy atom. The molecule has 6 heteroatoms. The second-order valence-electron chi connectivity index (χ2n) is 7.07. The number of hydrogen-bond donors (Lipinski definition) is 1. The molecule has 1 atom stereocenters. The molecule has 0 fully saturated rings. The van der Waals surface area contributed by atoms with E-state index in [2.05, 4.69) is 6.92 Å². The van der Waals surface area contributed by atoms with Crippen molar-refractivity contribution in [2.45, 2.75) is 39.7 Å². The van der Waals surface area contributed by atoms with E-state index in [-0.39, 0.29) is 12.1 Å². The van der Waals surface area contributed by atoms with E-state index in [0.717, 1.165) is 40.8 Å². The molecule has 3 aromatic rings. The highest BCUT2D eigenvalue weighted by atomic mass is 32.1. The maximum absolute atomic E-state index is 13.3. The number of nitrogens with zero attached hydrogens (tertiary/aromatic N) is 2. The highest BCUT2D eigenvalue weighted by Gasteiger charge is 2.25. The van der Waals surface area contributed by atoms with Crippen LogP contribution in [0.3, 0.4) is 0 Å². The smallest absolute Gasteiger partial charge is 0.323 e. The Morgan fingerprint density at radius 2 is 2.15 bits per heavy atom. The summed E-state index contributed by atoms with van der Waals surface area (Å²) >= 11 is 1.59. The summed E-state index contributed by atoms with van der Waals surface area (Å²) in [6.45, 7) is 3.78. The minimum Gasteiger partial charge on any atom is -0.480 e. The van der Waals surface area contributed by atoms with Crippen molar-refractivity contribution >= 4 is 27.5 Å². The number of thiophene rings is 1. The van der Waals surface area contributed by atoms with E-state index < -0.39 is 5.97 Å². The van der Waals surface area contributed by atoms with E-state index in [0.29, 0.717) is 17.1 Å². The molecule has 1 aromatic carbocycles. The van der Waals surface area contributed by atoms with Crippen LogP contribution in [0.5, 0.6) is 0 Å². The number of carbonyl (C=O) groups is 1. The van der Waals surface area contributed by atoms with Gasteiger partial charge < -0.3 is 5.11 Å². The standard InChI is InChI=1S/C20H20N2O3S/c1-11-7-8-14-15(9-11)26-19-17(14)20(25)22(10-16(23)24)18(21-19)13-6-4-3-5-12(13)2/h3-6,11H,7-10H2,1-2H3,(H,23,24). The SMILES string of the molecule is Cc1ccccc1-c1nc2sc3c(c2c(=O)n1CC(=O)O)CCC(C)C3. The zero-order valence-corrected chi connectivity index (χ0v) is 15.6. The lowest BCUT2D eigenvalue weighted by Crippen LogP contribution is -2.27. The molecule has 0 bridgehead atoms. The zero-order valence-electron chi connectivity index (χ0n) is 14.8. The third kappa shape index (κ3) is 2.74. The fourth-order valence-corrected chi connectivity index (χ4v) is 5.11. The molecule has 5 nitrogen and oxygen atoms in total. The molecule has 0 radical (unpaired) electrons. The quantitative estimate of drug-likeness (QED) is 0.766. The number of rotatable bonds is 3. The Hall–Kier alpha value is -2.47. The van der Waals surface area contributed by atoms with E-state index >= 15 is 0 Å². The molecule has 1 N–H and O–H groups in total. The van der Waals surface area contributed by atoms with Gasteiger partial charge in [0.25, 0.3) is 5.56 Å². The first-order valence-electron chi connectivity index (χ1n) is 8.78. The van der Waals surface area contributed by atoms with Crippen molar-refractivity contribution in [2.75, 3.05) is 0 Å². The van der Waals surface area contributed by atoms with Gasteiger partial charge in [0.05, 0.1) is 5.39 Å². The summed E-state index contributed by atoms with van der Waals surface area (Å²) in [6.07, 6.45) is 2.88. The summed E-state index contributed by atoms with van der Waals surface area (Å²) in [4.78, 5) is 31.4. The second-order valence-corrected chi connectivity index (χ2v) is 8.15. The highest BCUT2D eigenvalue weighted by molar-refractivity contribution is 7.18. The molecule has 26 heavy (non-hydrogen) atoms. The van der Waals surface area contributed by atoms with Crippen LogP contribution in [0.4, 0.5) is 0 Å². The molecule has 134 valence electrons. The van der Waals surface area contributed by atoms with Gasteiger partial charge in [0.15, 0.2) is 0 Å². The van der Waals surface area contributed by atoms with Gasteiger partial charge in [0.2, 0.25) is 0 Å². The first kappa shape index (κ1) is 17.0. The molecule has 2 heterocycles. The summed E-state index contributed by atoms with van der Waals surface area (Å²) in [6, 6.07) is 7.63. The van der Waals surface area contributed by atoms with Crippen molar-refractivity contribution < 1.29 is 9.90 Å². The number of carboxylic acids is 1. The third-order valence-electron chi connectivity index (χ3n) is 5.09. The van der Waals surface area contributed by atoms with Gasteiger partial charge in [-0.15, -0.1) is 11.3 Å². The van der Waals surface area contributed by atoms with Gasteiger partial charge >= 0.3 is 5.97 Å². The van der Waals surface area contributed by atoms with Crippen molar-refractivity contribution in [1.82, 2.24) is 9.55 Å². The predicted octanol–water partition coefficient (Wildman–Crippen LogP) is 3.64. The minimum atomic E-state index is -1.04. The lowest BCUT2D eigenvalue weighted by atomic mass is 9.89. The van der Waals surface area contributed by atoms with Crippen molar-refractivity contribution in [2.24, 2.45) is 5.92 Å². The van der Waals surface area contributed by atoms with Gasteiger partial charge in [0, 0.05) is 10.4 Å². The summed E-state index contributed by atoms with van der Waals surface area (Å²) in [5, 5.41) is 9.96. The number of benzene rings is 1. The number of aliphatic carboxylic acids is 1. The van der Waals surface area contributed by atoms with Crippen LogP contribution in [0.25, 0.3) is 21.6 Å².